The molecule has 30 heavy (non-hydrogen) atoms. The second-order valence-corrected chi connectivity index (χ2v) is 8.19. The van der Waals surface area contributed by atoms with Crippen molar-refractivity contribution >= 4 is 0 Å². The Morgan fingerprint density at radius 3 is 2.33 bits per heavy atom. The highest BCUT2D eigenvalue weighted by atomic mass is 16.5. The SMILES string of the molecule is COc1ccc(-n2nnc(C(C)C)n2)cc1CCCCCCc1nnc(C(C)C)o1. The Kier molecular flexibility index (Phi) is 7.54. The number of methoxy groups -OCH3 is 1. The minimum absolute atomic E-state index is 0.251. The summed E-state index contributed by atoms with van der Waals surface area (Å²) in [4.78, 5) is 1.59. The van der Waals surface area contributed by atoms with Gasteiger partial charge in [-0.2, -0.15) is 0 Å². The maximum atomic E-state index is 5.66. The van der Waals surface area contributed by atoms with Crippen molar-refractivity contribution in [3.8, 4) is 11.4 Å². The number of unbranched alkanes of at least 4 members (excludes halogenated alkanes) is 3. The molecule has 0 amide bonds. The van der Waals surface area contributed by atoms with Crippen LogP contribution in [0.2, 0.25) is 0 Å². The standard InChI is InChI=1S/C22H32N6O2/c1-15(2)21-24-27-28(26-21)18-12-13-19(29-5)17(14-18)10-8-6-7-9-11-20-23-25-22(30-20)16(3)4/h12-16H,6-11H2,1-5H3. The van der Waals surface area contributed by atoms with Crippen molar-refractivity contribution in [1.29, 1.82) is 0 Å². The predicted octanol–water partition coefficient (Wildman–Crippen LogP) is 4.65. The molecule has 2 heterocycles. The fourth-order valence-electron chi connectivity index (χ4n) is 3.20. The Balaban J connectivity index is 1.50. The lowest BCUT2D eigenvalue weighted by atomic mass is 10.0. The monoisotopic (exact) mass is 412 g/mol. The van der Waals surface area contributed by atoms with Gasteiger partial charge in [0.2, 0.25) is 11.8 Å². The molecule has 8 heteroatoms. The lowest BCUT2D eigenvalue weighted by Gasteiger charge is -2.10. The van der Waals surface area contributed by atoms with E-state index < -0.39 is 0 Å². The van der Waals surface area contributed by atoms with Gasteiger partial charge in [0.15, 0.2) is 5.82 Å². The highest BCUT2D eigenvalue weighted by Crippen LogP contribution is 2.24. The fourth-order valence-corrected chi connectivity index (χ4v) is 3.20. The second-order valence-electron chi connectivity index (χ2n) is 8.19. The third-order valence-electron chi connectivity index (χ3n) is 5.00. The van der Waals surface area contributed by atoms with Crippen LogP contribution in [0.4, 0.5) is 0 Å². The van der Waals surface area contributed by atoms with Crippen LogP contribution in [0.3, 0.4) is 0 Å². The molecule has 0 N–H and O–H groups in total. The quantitative estimate of drug-likeness (QED) is 0.423. The molecule has 0 atom stereocenters. The van der Waals surface area contributed by atoms with Crippen LogP contribution in [-0.2, 0) is 12.8 Å². The molecule has 0 unspecified atom stereocenters. The molecule has 0 aliphatic rings. The zero-order chi connectivity index (χ0) is 21.5. The van der Waals surface area contributed by atoms with Crippen molar-refractivity contribution in [2.24, 2.45) is 0 Å². The van der Waals surface area contributed by atoms with Crippen LogP contribution in [0.25, 0.3) is 5.69 Å². The Bertz CT molecular complexity index is 931. The number of ether oxygens (including phenoxy) is 1. The summed E-state index contributed by atoms with van der Waals surface area (Å²) in [6.45, 7) is 8.23. The number of hydrogen-bond acceptors (Lipinski definition) is 7. The maximum Gasteiger partial charge on any atom is 0.219 e. The summed E-state index contributed by atoms with van der Waals surface area (Å²) in [7, 11) is 1.71. The summed E-state index contributed by atoms with van der Waals surface area (Å²) >= 11 is 0. The van der Waals surface area contributed by atoms with Gasteiger partial charge in [0, 0.05) is 18.3 Å². The smallest absolute Gasteiger partial charge is 0.219 e. The molecular formula is C22H32N6O2. The van der Waals surface area contributed by atoms with Crippen molar-refractivity contribution in [1.82, 2.24) is 30.4 Å². The third kappa shape index (κ3) is 5.64. The highest BCUT2D eigenvalue weighted by molar-refractivity contribution is 5.43. The molecule has 0 fully saturated rings. The zero-order valence-corrected chi connectivity index (χ0v) is 18.6. The van der Waals surface area contributed by atoms with E-state index in [2.05, 4.69) is 59.4 Å². The first-order chi connectivity index (χ1) is 14.5. The van der Waals surface area contributed by atoms with E-state index in [9.17, 15) is 0 Å². The van der Waals surface area contributed by atoms with Crippen LogP contribution < -0.4 is 4.74 Å². The Hall–Kier alpha value is -2.77. The van der Waals surface area contributed by atoms with Crippen LogP contribution in [0.15, 0.2) is 22.6 Å². The molecule has 0 saturated carbocycles. The predicted molar refractivity (Wildman–Crippen MR) is 114 cm³/mol. The van der Waals surface area contributed by atoms with E-state index in [0.717, 1.165) is 73.1 Å². The molecule has 2 aromatic heterocycles. The van der Waals surface area contributed by atoms with Gasteiger partial charge in [0.25, 0.3) is 0 Å². The van der Waals surface area contributed by atoms with Crippen LogP contribution in [-0.4, -0.2) is 37.5 Å². The van der Waals surface area contributed by atoms with Crippen molar-refractivity contribution in [2.75, 3.05) is 7.11 Å². The number of aryl methyl sites for hydroxylation is 2. The van der Waals surface area contributed by atoms with Crippen molar-refractivity contribution in [3.63, 3.8) is 0 Å². The van der Waals surface area contributed by atoms with E-state index in [0.29, 0.717) is 0 Å². The Labute approximate surface area is 178 Å². The third-order valence-corrected chi connectivity index (χ3v) is 5.00. The Morgan fingerprint density at radius 1 is 0.933 bits per heavy atom. The molecule has 8 nitrogen and oxygen atoms in total. The van der Waals surface area contributed by atoms with Gasteiger partial charge in [-0.1, -0.05) is 40.5 Å². The molecule has 0 saturated heterocycles. The molecule has 3 aromatic rings. The normalized spacial score (nSPS) is 11.6. The van der Waals surface area contributed by atoms with Crippen LogP contribution in [0, 0.1) is 0 Å². The van der Waals surface area contributed by atoms with E-state index in [-0.39, 0.29) is 11.8 Å². The molecule has 0 aliphatic heterocycles. The maximum absolute atomic E-state index is 5.66. The highest BCUT2D eigenvalue weighted by Gasteiger charge is 2.12. The summed E-state index contributed by atoms with van der Waals surface area (Å²) in [5, 5.41) is 21.0. The first-order valence-electron chi connectivity index (χ1n) is 10.8. The van der Waals surface area contributed by atoms with E-state index in [1.54, 1.807) is 11.9 Å². The van der Waals surface area contributed by atoms with Gasteiger partial charge in [0.05, 0.1) is 12.8 Å². The van der Waals surface area contributed by atoms with E-state index in [1.807, 2.05) is 12.1 Å². The number of tetrazole rings is 1. The Morgan fingerprint density at radius 2 is 1.70 bits per heavy atom. The summed E-state index contributed by atoms with van der Waals surface area (Å²) in [6, 6.07) is 6.03. The van der Waals surface area contributed by atoms with Gasteiger partial charge in [-0.05, 0) is 48.2 Å². The zero-order valence-electron chi connectivity index (χ0n) is 18.6. The molecule has 0 bridgehead atoms. The van der Waals surface area contributed by atoms with Gasteiger partial charge in [0.1, 0.15) is 5.75 Å². The molecule has 162 valence electrons. The lowest BCUT2D eigenvalue weighted by Crippen LogP contribution is -2.02. The van der Waals surface area contributed by atoms with Gasteiger partial charge in [-0.25, -0.2) is 0 Å². The van der Waals surface area contributed by atoms with Crippen LogP contribution >= 0.6 is 0 Å². The topological polar surface area (TPSA) is 91.8 Å². The van der Waals surface area contributed by atoms with E-state index in [1.165, 1.54) is 0 Å². The first-order valence-corrected chi connectivity index (χ1v) is 10.8. The number of rotatable bonds is 11. The van der Waals surface area contributed by atoms with Crippen LogP contribution in [0.1, 0.15) is 88.4 Å². The number of nitrogens with zero attached hydrogens (tertiary/aromatic N) is 6. The second kappa shape index (κ2) is 10.3. The summed E-state index contributed by atoms with van der Waals surface area (Å²) in [5.41, 5.74) is 2.07. The summed E-state index contributed by atoms with van der Waals surface area (Å²) in [6.07, 6.45) is 6.19. The molecule has 1 aromatic carbocycles. The van der Waals surface area contributed by atoms with Crippen molar-refractivity contribution in [2.45, 2.75) is 78.1 Å². The van der Waals surface area contributed by atoms with Gasteiger partial charge in [-0.3, -0.25) is 0 Å². The minimum atomic E-state index is 0.251. The minimum Gasteiger partial charge on any atom is -0.496 e. The summed E-state index contributed by atoms with van der Waals surface area (Å²) < 4.78 is 11.2. The van der Waals surface area contributed by atoms with E-state index in [4.69, 9.17) is 9.15 Å². The average molecular weight is 413 g/mol. The summed E-state index contributed by atoms with van der Waals surface area (Å²) in [5.74, 6) is 3.64. The van der Waals surface area contributed by atoms with Gasteiger partial charge >= 0.3 is 0 Å². The average Bonchev–Trinajstić information content (AvgIpc) is 3.40. The van der Waals surface area contributed by atoms with Crippen molar-refractivity contribution in [3.05, 3.63) is 41.4 Å². The molecule has 0 radical (unpaired) electrons. The largest absolute Gasteiger partial charge is 0.496 e. The number of benzene rings is 1. The van der Waals surface area contributed by atoms with Crippen molar-refractivity contribution < 1.29 is 9.15 Å². The molecular weight excluding hydrogens is 380 g/mol. The number of aromatic nitrogens is 6. The first kappa shape index (κ1) is 21.9. The molecule has 0 aliphatic carbocycles. The van der Waals surface area contributed by atoms with Gasteiger partial charge in [-0.15, -0.1) is 25.2 Å². The molecule has 0 spiro atoms. The number of hydrogen-bond donors (Lipinski definition) is 0. The lowest BCUT2D eigenvalue weighted by molar-refractivity contribution is 0.408. The van der Waals surface area contributed by atoms with E-state index >= 15 is 0 Å². The fraction of sp³-hybridized carbons (Fsp3) is 0.591. The van der Waals surface area contributed by atoms with Gasteiger partial charge < -0.3 is 9.15 Å². The van der Waals surface area contributed by atoms with Crippen LogP contribution in [0.5, 0.6) is 5.75 Å². The molecule has 3 rings (SSSR count).